The third-order valence-corrected chi connectivity index (χ3v) is 6.01. The molecular formula is C16H26O4. The summed E-state index contributed by atoms with van der Waals surface area (Å²) in [6.45, 7) is 2.41. The molecule has 4 fully saturated rings. The molecule has 4 aliphatic heterocycles. The first kappa shape index (κ1) is 13.5. The van der Waals surface area contributed by atoms with E-state index in [1.54, 1.807) is 0 Å². The van der Waals surface area contributed by atoms with Crippen molar-refractivity contribution in [3.05, 3.63) is 0 Å². The number of hydrogen-bond donors (Lipinski definition) is 1. The van der Waals surface area contributed by atoms with Crippen LogP contribution in [0.3, 0.4) is 0 Å². The Labute approximate surface area is 120 Å². The summed E-state index contributed by atoms with van der Waals surface area (Å²) in [5.74, 6) is 0.753. The molecule has 4 rings (SSSR count). The Bertz CT molecular complexity index is 347. The van der Waals surface area contributed by atoms with Gasteiger partial charge in [0.05, 0.1) is 23.9 Å². The predicted molar refractivity (Wildman–Crippen MR) is 73.5 cm³/mol. The van der Waals surface area contributed by atoms with Gasteiger partial charge < -0.3 is 19.3 Å². The molecule has 4 heterocycles. The maximum atomic E-state index is 10.8. The van der Waals surface area contributed by atoms with Crippen LogP contribution in [0.15, 0.2) is 0 Å². The van der Waals surface area contributed by atoms with Gasteiger partial charge in [-0.25, -0.2) is 0 Å². The lowest BCUT2D eigenvalue weighted by molar-refractivity contribution is -0.164. The van der Waals surface area contributed by atoms with E-state index < -0.39 is 0 Å². The van der Waals surface area contributed by atoms with E-state index in [0.717, 1.165) is 58.3 Å². The Morgan fingerprint density at radius 3 is 2.60 bits per heavy atom. The molecule has 4 aliphatic rings. The molecule has 2 bridgehead atoms. The van der Waals surface area contributed by atoms with Gasteiger partial charge in [0.1, 0.15) is 0 Å². The fraction of sp³-hybridized carbons (Fsp3) is 1.00. The van der Waals surface area contributed by atoms with Gasteiger partial charge in [-0.3, -0.25) is 0 Å². The Morgan fingerprint density at radius 1 is 1.05 bits per heavy atom. The molecule has 0 saturated carbocycles. The molecule has 5 atom stereocenters. The van der Waals surface area contributed by atoms with Crippen molar-refractivity contribution in [3.8, 4) is 0 Å². The lowest BCUT2D eigenvalue weighted by Crippen LogP contribution is -2.48. The van der Waals surface area contributed by atoms with Crippen LogP contribution < -0.4 is 0 Å². The molecule has 114 valence electrons. The van der Waals surface area contributed by atoms with E-state index in [1.165, 1.54) is 6.42 Å². The first-order valence-corrected chi connectivity index (χ1v) is 8.31. The largest absolute Gasteiger partial charge is 0.392 e. The van der Waals surface area contributed by atoms with Crippen molar-refractivity contribution >= 4 is 0 Å². The van der Waals surface area contributed by atoms with Crippen LogP contribution in [0.4, 0.5) is 0 Å². The molecule has 5 unspecified atom stereocenters. The smallest absolute Gasteiger partial charge is 0.0730 e. The van der Waals surface area contributed by atoms with E-state index in [9.17, 15) is 5.11 Å². The van der Waals surface area contributed by atoms with E-state index in [2.05, 4.69) is 0 Å². The van der Waals surface area contributed by atoms with E-state index in [0.29, 0.717) is 24.0 Å². The van der Waals surface area contributed by atoms with Gasteiger partial charge in [0.15, 0.2) is 0 Å². The van der Waals surface area contributed by atoms with Gasteiger partial charge in [-0.1, -0.05) is 0 Å². The zero-order valence-corrected chi connectivity index (χ0v) is 12.1. The van der Waals surface area contributed by atoms with Crippen LogP contribution in [0.2, 0.25) is 0 Å². The number of aliphatic hydroxyl groups is 1. The predicted octanol–water partition coefficient (Wildman–Crippen LogP) is 1.89. The van der Waals surface area contributed by atoms with Gasteiger partial charge >= 0.3 is 0 Å². The highest BCUT2D eigenvalue weighted by Gasteiger charge is 2.48. The standard InChI is InChI=1S/C16H26O4/c17-15(13-9-12-1-2-14(13)20-12)11-3-6-19-16(10-11)4-7-18-8-5-16/h11-15,17H,1-10H2. The highest BCUT2D eigenvalue weighted by Crippen LogP contribution is 2.45. The average Bonchev–Trinajstić information content (AvgIpc) is 3.10. The summed E-state index contributed by atoms with van der Waals surface area (Å²) in [4.78, 5) is 0. The number of aliphatic hydroxyl groups excluding tert-OH is 1. The van der Waals surface area contributed by atoms with Crippen molar-refractivity contribution in [1.29, 1.82) is 0 Å². The summed E-state index contributed by atoms with van der Waals surface area (Å²) in [7, 11) is 0. The number of hydrogen-bond acceptors (Lipinski definition) is 4. The van der Waals surface area contributed by atoms with Gasteiger partial charge in [0.2, 0.25) is 0 Å². The molecule has 0 radical (unpaired) electrons. The monoisotopic (exact) mass is 282 g/mol. The summed E-state index contributed by atoms with van der Waals surface area (Å²) in [5, 5.41) is 10.8. The second-order valence-corrected chi connectivity index (χ2v) is 7.16. The number of ether oxygens (including phenoxy) is 3. The first-order valence-electron chi connectivity index (χ1n) is 8.31. The molecule has 0 aromatic carbocycles. The molecule has 1 N–H and O–H groups in total. The van der Waals surface area contributed by atoms with Gasteiger partial charge in [-0.05, 0) is 50.9 Å². The zero-order chi connectivity index (χ0) is 13.6. The summed E-state index contributed by atoms with van der Waals surface area (Å²) < 4.78 is 17.5. The van der Waals surface area contributed by atoms with E-state index >= 15 is 0 Å². The fourth-order valence-electron chi connectivity index (χ4n) is 4.84. The third kappa shape index (κ3) is 2.31. The van der Waals surface area contributed by atoms with Crippen molar-refractivity contribution < 1.29 is 19.3 Å². The molecular weight excluding hydrogens is 256 g/mol. The molecule has 0 aromatic rings. The van der Waals surface area contributed by atoms with Crippen molar-refractivity contribution in [2.24, 2.45) is 11.8 Å². The summed E-state index contributed by atoms with van der Waals surface area (Å²) in [6.07, 6.45) is 7.95. The minimum absolute atomic E-state index is 0.0133. The lowest BCUT2D eigenvalue weighted by Gasteiger charge is -2.45. The molecule has 0 amide bonds. The van der Waals surface area contributed by atoms with Crippen molar-refractivity contribution in [2.75, 3.05) is 19.8 Å². The quantitative estimate of drug-likeness (QED) is 0.840. The minimum atomic E-state index is -0.200. The first-order chi connectivity index (χ1) is 9.76. The van der Waals surface area contributed by atoms with Crippen LogP contribution in [-0.2, 0) is 14.2 Å². The van der Waals surface area contributed by atoms with Crippen LogP contribution >= 0.6 is 0 Å². The molecule has 0 aromatic heterocycles. The third-order valence-electron chi connectivity index (χ3n) is 6.01. The van der Waals surface area contributed by atoms with E-state index in [-0.39, 0.29) is 11.7 Å². The Kier molecular flexibility index (Phi) is 3.53. The van der Waals surface area contributed by atoms with Crippen LogP contribution in [0.5, 0.6) is 0 Å². The topological polar surface area (TPSA) is 47.9 Å². The average molecular weight is 282 g/mol. The molecule has 4 saturated heterocycles. The second kappa shape index (κ2) is 5.24. The van der Waals surface area contributed by atoms with Crippen molar-refractivity contribution in [2.45, 2.75) is 68.9 Å². The van der Waals surface area contributed by atoms with Gasteiger partial charge in [0.25, 0.3) is 0 Å². The van der Waals surface area contributed by atoms with E-state index in [1.807, 2.05) is 0 Å². The van der Waals surface area contributed by atoms with E-state index in [4.69, 9.17) is 14.2 Å². The number of fused-ring (bicyclic) bond motifs is 2. The molecule has 0 aliphatic carbocycles. The van der Waals surface area contributed by atoms with Gasteiger partial charge in [0, 0.05) is 25.7 Å². The summed E-state index contributed by atoms with van der Waals surface area (Å²) in [6, 6.07) is 0. The van der Waals surface area contributed by atoms with Crippen molar-refractivity contribution in [1.82, 2.24) is 0 Å². The van der Waals surface area contributed by atoms with Crippen LogP contribution in [-0.4, -0.2) is 48.8 Å². The maximum absolute atomic E-state index is 10.8. The maximum Gasteiger partial charge on any atom is 0.0730 e. The van der Waals surface area contributed by atoms with Gasteiger partial charge in [-0.2, -0.15) is 0 Å². The second-order valence-electron chi connectivity index (χ2n) is 7.16. The van der Waals surface area contributed by atoms with Crippen LogP contribution in [0.1, 0.15) is 44.9 Å². The number of rotatable bonds is 2. The summed E-state index contributed by atoms with van der Waals surface area (Å²) in [5.41, 5.74) is -0.0133. The normalized spacial score (nSPS) is 44.9. The Balaban J connectivity index is 1.42. The van der Waals surface area contributed by atoms with Crippen molar-refractivity contribution in [3.63, 3.8) is 0 Å². The summed E-state index contributed by atoms with van der Waals surface area (Å²) >= 11 is 0. The van der Waals surface area contributed by atoms with Gasteiger partial charge in [-0.15, -0.1) is 0 Å². The van der Waals surface area contributed by atoms with Crippen LogP contribution in [0.25, 0.3) is 0 Å². The Hall–Kier alpha value is -0.160. The highest BCUT2D eigenvalue weighted by atomic mass is 16.5. The van der Waals surface area contributed by atoms with Crippen LogP contribution in [0, 0.1) is 11.8 Å². The fourth-order valence-corrected chi connectivity index (χ4v) is 4.84. The highest BCUT2D eigenvalue weighted by molar-refractivity contribution is 4.98. The molecule has 20 heavy (non-hydrogen) atoms. The molecule has 4 nitrogen and oxygen atoms in total. The molecule has 1 spiro atoms. The SMILES string of the molecule is OC(C1CCOC2(CCOCC2)C1)C1CC2CCC1O2. The lowest BCUT2D eigenvalue weighted by atomic mass is 9.73. The zero-order valence-electron chi connectivity index (χ0n) is 12.1. The molecule has 4 heteroatoms. The Morgan fingerprint density at radius 2 is 1.90 bits per heavy atom. The minimum Gasteiger partial charge on any atom is -0.392 e.